The van der Waals surface area contributed by atoms with Crippen molar-refractivity contribution < 1.29 is 38.6 Å². The Bertz CT molecular complexity index is 2960. The maximum absolute atomic E-state index is 12.3. The summed E-state index contributed by atoms with van der Waals surface area (Å²) in [4.78, 5) is 0. The van der Waals surface area contributed by atoms with Crippen LogP contribution in [0.5, 0.6) is 57.5 Å². The molecule has 0 aromatic heterocycles. The van der Waals surface area contributed by atoms with Gasteiger partial charge in [0.25, 0.3) is 0 Å². The average molecular weight is 895 g/mol. The molecule has 10 aromatic rings. The summed E-state index contributed by atoms with van der Waals surface area (Å²) in [6.45, 7) is 0.543. The van der Waals surface area contributed by atoms with Crippen molar-refractivity contribution in [2.75, 3.05) is 0 Å². The summed E-state index contributed by atoms with van der Waals surface area (Å²) in [6.07, 6.45) is 0. The molecule has 0 saturated carbocycles. The SMILES string of the molecule is Oc1c(COCc2cc(Oc3ccccc3)cc(Oc3ccccc3)c2)cc2ccccc2c1-c1c(O)c(COCc2cc(Oc3ccccc3)cc(Oc3ccccc3)c2)cc2ccccc12. The van der Waals surface area contributed by atoms with Crippen molar-refractivity contribution >= 4 is 21.5 Å². The third kappa shape index (κ3) is 10.3. The maximum atomic E-state index is 12.3. The molecule has 0 atom stereocenters. The molecule has 68 heavy (non-hydrogen) atoms. The summed E-state index contributed by atoms with van der Waals surface area (Å²) in [5.41, 5.74) is 3.76. The van der Waals surface area contributed by atoms with E-state index >= 15 is 0 Å². The average Bonchev–Trinajstić information content (AvgIpc) is 3.36. The lowest BCUT2D eigenvalue weighted by Gasteiger charge is -2.19. The Morgan fingerprint density at radius 1 is 0.279 bits per heavy atom. The van der Waals surface area contributed by atoms with E-state index in [2.05, 4.69) is 0 Å². The van der Waals surface area contributed by atoms with Crippen molar-refractivity contribution in [3.63, 3.8) is 0 Å². The van der Waals surface area contributed by atoms with E-state index < -0.39 is 0 Å². The molecule has 0 fully saturated rings. The van der Waals surface area contributed by atoms with Crippen LogP contribution in [0.1, 0.15) is 22.3 Å². The highest BCUT2D eigenvalue weighted by atomic mass is 16.5. The van der Waals surface area contributed by atoms with Crippen LogP contribution < -0.4 is 18.9 Å². The molecule has 0 unspecified atom stereocenters. The molecule has 10 aromatic carbocycles. The van der Waals surface area contributed by atoms with Crippen LogP contribution >= 0.6 is 0 Å². The van der Waals surface area contributed by atoms with Gasteiger partial charge in [0, 0.05) is 34.4 Å². The molecule has 10 rings (SSSR count). The zero-order valence-electron chi connectivity index (χ0n) is 37.0. The summed E-state index contributed by atoms with van der Waals surface area (Å²) in [7, 11) is 0. The second-order valence-electron chi connectivity index (χ2n) is 16.2. The Morgan fingerprint density at radius 2 is 0.574 bits per heavy atom. The minimum atomic E-state index is 0.0117. The second kappa shape index (κ2) is 20.3. The number of hydrogen-bond acceptors (Lipinski definition) is 8. The van der Waals surface area contributed by atoms with Crippen molar-refractivity contribution in [3.05, 3.63) is 241 Å². The quantitative estimate of drug-likeness (QED) is 0.0933. The number of para-hydroxylation sites is 4. The van der Waals surface area contributed by atoms with Gasteiger partial charge in [0.05, 0.1) is 26.4 Å². The Labute approximate surface area is 394 Å². The highest BCUT2D eigenvalue weighted by molar-refractivity contribution is 6.10. The third-order valence-corrected chi connectivity index (χ3v) is 11.3. The number of phenols is 2. The second-order valence-corrected chi connectivity index (χ2v) is 16.2. The lowest BCUT2D eigenvalue weighted by Crippen LogP contribution is -2.00. The first-order valence-electron chi connectivity index (χ1n) is 22.3. The van der Waals surface area contributed by atoms with Gasteiger partial charge >= 0.3 is 0 Å². The van der Waals surface area contributed by atoms with Gasteiger partial charge in [0.1, 0.15) is 57.5 Å². The van der Waals surface area contributed by atoms with E-state index in [4.69, 9.17) is 28.4 Å². The van der Waals surface area contributed by atoms with Crippen molar-refractivity contribution in [3.8, 4) is 68.6 Å². The molecule has 8 heteroatoms. The fourth-order valence-electron chi connectivity index (χ4n) is 8.24. The lowest BCUT2D eigenvalue weighted by atomic mass is 9.89. The van der Waals surface area contributed by atoms with Gasteiger partial charge in [-0.1, -0.05) is 121 Å². The number of aromatic hydroxyl groups is 2. The van der Waals surface area contributed by atoms with E-state index in [1.54, 1.807) is 0 Å². The number of phenolic OH excluding ortho intramolecular Hbond substituents is 2. The van der Waals surface area contributed by atoms with E-state index in [1.807, 2.05) is 218 Å². The first kappa shape index (κ1) is 43.3. The number of rotatable bonds is 17. The van der Waals surface area contributed by atoms with Gasteiger partial charge in [0.2, 0.25) is 0 Å². The standard InChI is InChI=1S/C60H46O8/c61-59-45(39-63-37-41-29-51(65-47-19-5-1-6-20-47)35-52(30-41)66-48-21-7-2-8-22-48)33-43-17-13-15-27-55(43)57(59)58-56-28-16-14-18-44(56)34-46(60(58)62)40-64-38-42-31-53(67-49-23-9-3-10-24-49)36-54(32-42)68-50-25-11-4-12-26-50/h1-36,61-62H,37-40H2. The highest BCUT2D eigenvalue weighted by Crippen LogP contribution is 2.48. The summed E-state index contributed by atoms with van der Waals surface area (Å²) >= 11 is 0. The minimum Gasteiger partial charge on any atom is -0.507 e. The first-order chi connectivity index (χ1) is 33.5. The van der Waals surface area contributed by atoms with Crippen molar-refractivity contribution in [1.82, 2.24) is 0 Å². The van der Waals surface area contributed by atoms with E-state index in [0.717, 1.165) is 32.7 Å². The molecule has 2 N–H and O–H groups in total. The molecule has 0 saturated heterocycles. The van der Waals surface area contributed by atoms with Gasteiger partial charge in [-0.15, -0.1) is 0 Å². The first-order valence-corrected chi connectivity index (χ1v) is 22.3. The summed E-state index contributed by atoms with van der Waals surface area (Å²) in [5, 5.41) is 28.0. The van der Waals surface area contributed by atoms with Crippen LogP contribution in [0.25, 0.3) is 32.7 Å². The molecular weight excluding hydrogens is 849 g/mol. The summed E-state index contributed by atoms with van der Waals surface area (Å²) in [6, 6.07) is 69.2. The van der Waals surface area contributed by atoms with Crippen LogP contribution in [-0.4, -0.2) is 10.2 Å². The molecular formula is C60H46O8. The van der Waals surface area contributed by atoms with Crippen molar-refractivity contribution in [2.24, 2.45) is 0 Å². The van der Waals surface area contributed by atoms with Gasteiger partial charge in [-0.2, -0.15) is 0 Å². The monoisotopic (exact) mass is 894 g/mol. The zero-order valence-corrected chi connectivity index (χ0v) is 37.0. The van der Waals surface area contributed by atoms with Gasteiger partial charge in [-0.05, 0) is 118 Å². The van der Waals surface area contributed by atoms with Gasteiger partial charge < -0.3 is 38.6 Å². The van der Waals surface area contributed by atoms with Crippen LogP contribution in [0.3, 0.4) is 0 Å². The van der Waals surface area contributed by atoms with Crippen LogP contribution in [0.15, 0.2) is 218 Å². The Hall–Kier alpha value is -8.56. The van der Waals surface area contributed by atoms with Crippen molar-refractivity contribution in [1.29, 1.82) is 0 Å². The molecule has 0 spiro atoms. The Kier molecular flexibility index (Phi) is 12.9. The smallest absolute Gasteiger partial charge is 0.131 e. The van der Waals surface area contributed by atoms with Crippen LogP contribution in [0.2, 0.25) is 0 Å². The molecule has 0 radical (unpaired) electrons. The van der Waals surface area contributed by atoms with Crippen LogP contribution in [-0.2, 0) is 35.9 Å². The van der Waals surface area contributed by atoms with Gasteiger partial charge in [-0.3, -0.25) is 0 Å². The molecule has 334 valence electrons. The van der Waals surface area contributed by atoms with Crippen LogP contribution in [0.4, 0.5) is 0 Å². The zero-order chi connectivity index (χ0) is 46.1. The topological polar surface area (TPSA) is 95.8 Å². The highest BCUT2D eigenvalue weighted by Gasteiger charge is 2.23. The molecule has 0 amide bonds. The molecule has 0 aliphatic rings. The fraction of sp³-hybridized carbons (Fsp3) is 0.0667. The predicted molar refractivity (Wildman–Crippen MR) is 266 cm³/mol. The maximum Gasteiger partial charge on any atom is 0.131 e. The predicted octanol–water partition coefficient (Wildman–Crippen LogP) is 15.7. The molecule has 0 aliphatic carbocycles. The van der Waals surface area contributed by atoms with Crippen LogP contribution in [0, 0.1) is 0 Å². The summed E-state index contributed by atoms with van der Waals surface area (Å²) < 4.78 is 37.7. The van der Waals surface area contributed by atoms with Gasteiger partial charge in [-0.25, -0.2) is 0 Å². The number of fused-ring (bicyclic) bond motifs is 2. The Balaban J connectivity index is 0.934. The fourth-order valence-corrected chi connectivity index (χ4v) is 8.24. The molecule has 0 bridgehead atoms. The third-order valence-electron chi connectivity index (χ3n) is 11.3. The normalized spacial score (nSPS) is 11.1. The minimum absolute atomic E-state index is 0.0117. The number of benzene rings is 10. The largest absolute Gasteiger partial charge is 0.507 e. The molecule has 8 nitrogen and oxygen atoms in total. The molecule has 0 aliphatic heterocycles. The van der Waals surface area contributed by atoms with E-state index in [1.165, 1.54) is 0 Å². The van der Waals surface area contributed by atoms with Crippen molar-refractivity contribution in [2.45, 2.75) is 26.4 Å². The number of ether oxygens (including phenoxy) is 6. The van der Waals surface area contributed by atoms with Gasteiger partial charge in [0.15, 0.2) is 0 Å². The molecule has 0 heterocycles. The lowest BCUT2D eigenvalue weighted by molar-refractivity contribution is 0.105. The van der Waals surface area contributed by atoms with E-state index in [0.29, 0.717) is 68.2 Å². The van der Waals surface area contributed by atoms with E-state index in [-0.39, 0.29) is 37.9 Å². The summed E-state index contributed by atoms with van der Waals surface area (Å²) in [5.74, 6) is 5.18. The Morgan fingerprint density at radius 3 is 0.897 bits per heavy atom. The number of hydrogen-bond donors (Lipinski definition) is 2. The van der Waals surface area contributed by atoms with E-state index in [9.17, 15) is 10.2 Å².